The first-order chi connectivity index (χ1) is 12.9. The van der Waals surface area contributed by atoms with Crippen molar-refractivity contribution in [2.24, 2.45) is 5.92 Å². The lowest BCUT2D eigenvalue weighted by molar-refractivity contribution is -0.117. The molecule has 0 aliphatic carbocycles. The van der Waals surface area contributed by atoms with Gasteiger partial charge >= 0.3 is 0 Å². The number of sulfonamides is 1. The Labute approximate surface area is 161 Å². The number of morpholine rings is 1. The third-order valence-corrected chi connectivity index (χ3v) is 7.09. The number of carbonyl (C=O) groups excluding carboxylic acids is 1. The number of nitrogens with zero attached hydrogens (tertiary/aromatic N) is 2. The molecule has 1 aromatic carbocycles. The van der Waals surface area contributed by atoms with Crippen molar-refractivity contribution >= 4 is 21.6 Å². The van der Waals surface area contributed by atoms with Crippen molar-refractivity contribution in [3.63, 3.8) is 0 Å². The van der Waals surface area contributed by atoms with Crippen molar-refractivity contribution in [2.75, 3.05) is 51.3 Å². The quantitative estimate of drug-likeness (QED) is 0.821. The first-order valence-corrected chi connectivity index (χ1v) is 11.0. The molecule has 150 valence electrons. The van der Waals surface area contributed by atoms with Crippen LogP contribution in [0.5, 0.6) is 0 Å². The SMILES string of the molecule is Cc1ccc(S(=O)(=O)N2CCOCC2)cc1NC(=O)CN1CCC[C@@H](C)C1. The molecular weight excluding hydrogens is 366 g/mol. The van der Waals surface area contributed by atoms with Gasteiger partial charge in [-0.3, -0.25) is 9.69 Å². The molecule has 1 N–H and O–H groups in total. The van der Waals surface area contributed by atoms with Crippen LogP contribution in [0, 0.1) is 12.8 Å². The molecule has 0 unspecified atom stereocenters. The number of hydrogen-bond donors (Lipinski definition) is 1. The molecular formula is C19H29N3O4S. The summed E-state index contributed by atoms with van der Waals surface area (Å²) in [5, 5.41) is 2.90. The van der Waals surface area contributed by atoms with Gasteiger partial charge in [-0.1, -0.05) is 13.0 Å². The number of likely N-dealkylation sites (tertiary alicyclic amines) is 1. The fourth-order valence-corrected chi connectivity index (χ4v) is 5.09. The molecule has 0 aromatic heterocycles. The molecule has 1 atom stereocenters. The summed E-state index contributed by atoms with van der Waals surface area (Å²) in [7, 11) is -3.58. The van der Waals surface area contributed by atoms with E-state index >= 15 is 0 Å². The molecule has 2 saturated heterocycles. The largest absolute Gasteiger partial charge is 0.379 e. The maximum atomic E-state index is 12.8. The highest BCUT2D eigenvalue weighted by Gasteiger charge is 2.27. The lowest BCUT2D eigenvalue weighted by Crippen LogP contribution is -2.40. The minimum absolute atomic E-state index is 0.104. The molecule has 0 saturated carbocycles. The highest BCUT2D eigenvalue weighted by Crippen LogP contribution is 2.24. The highest BCUT2D eigenvalue weighted by atomic mass is 32.2. The van der Waals surface area contributed by atoms with E-state index in [-0.39, 0.29) is 10.8 Å². The van der Waals surface area contributed by atoms with Gasteiger partial charge in [0.25, 0.3) is 0 Å². The Morgan fingerprint density at radius 1 is 1.26 bits per heavy atom. The van der Waals surface area contributed by atoms with Crippen molar-refractivity contribution in [3.05, 3.63) is 23.8 Å². The number of aryl methyl sites for hydroxylation is 1. The molecule has 2 aliphatic heterocycles. The molecule has 2 aliphatic rings. The fraction of sp³-hybridized carbons (Fsp3) is 0.632. The van der Waals surface area contributed by atoms with E-state index in [0.717, 1.165) is 25.1 Å². The van der Waals surface area contributed by atoms with Crippen LogP contribution in [0.4, 0.5) is 5.69 Å². The van der Waals surface area contributed by atoms with E-state index in [0.29, 0.717) is 44.5 Å². The van der Waals surface area contributed by atoms with Crippen LogP contribution in [0.3, 0.4) is 0 Å². The van der Waals surface area contributed by atoms with Crippen LogP contribution >= 0.6 is 0 Å². The van der Waals surface area contributed by atoms with Crippen LogP contribution in [-0.4, -0.2) is 69.5 Å². The second kappa shape index (κ2) is 8.68. The van der Waals surface area contributed by atoms with Gasteiger partial charge < -0.3 is 10.1 Å². The Morgan fingerprint density at radius 3 is 2.70 bits per heavy atom. The summed E-state index contributed by atoms with van der Waals surface area (Å²) in [6, 6.07) is 4.91. The van der Waals surface area contributed by atoms with E-state index in [9.17, 15) is 13.2 Å². The van der Waals surface area contributed by atoms with Gasteiger partial charge in [0.1, 0.15) is 0 Å². The second-order valence-electron chi connectivity index (χ2n) is 7.52. The standard InChI is InChI=1S/C19H29N3O4S/c1-15-4-3-7-21(13-15)14-19(23)20-18-12-17(6-5-16(18)2)27(24,25)22-8-10-26-11-9-22/h5-6,12,15H,3-4,7-11,13-14H2,1-2H3,(H,20,23)/t15-/m1/s1. The number of nitrogens with one attached hydrogen (secondary N) is 1. The molecule has 0 spiro atoms. The summed E-state index contributed by atoms with van der Waals surface area (Å²) in [6.07, 6.45) is 2.32. The Hall–Kier alpha value is -1.48. The number of rotatable bonds is 5. The lowest BCUT2D eigenvalue weighted by atomic mass is 10.0. The normalized spacial score (nSPS) is 22.5. The van der Waals surface area contributed by atoms with Gasteiger partial charge in [-0.15, -0.1) is 0 Å². The van der Waals surface area contributed by atoms with E-state index < -0.39 is 10.0 Å². The van der Waals surface area contributed by atoms with Crippen molar-refractivity contribution in [1.29, 1.82) is 0 Å². The Balaban J connectivity index is 1.70. The van der Waals surface area contributed by atoms with Crippen LogP contribution in [0.15, 0.2) is 23.1 Å². The lowest BCUT2D eigenvalue weighted by Gasteiger charge is -2.30. The molecule has 7 nitrogen and oxygen atoms in total. The van der Waals surface area contributed by atoms with Gasteiger partial charge in [0.05, 0.1) is 24.7 Å². The van der Waals surface area contributed by atoms with E-state index in [4.69, 9.17) is 4.74 Å². The number of carbonyl (C=O) groups is 1. The highest BCUT2D eigenvalue weighted by molar-refractivity contribution is 7.89. The van der Waals surface area contributed by atoms with Gasteiger partial charge in [0.2, 0.25) is 15.9 Å². The van der Waals surface area contributed by atoms with Crippen molar-refractivity contribution in [1.82, 2.24) is 9.21 Å². The molecule has 0 radical (unpaired) electrons. The van der Waals surface area contributed by atoms with Crippen molar-refractivity contribution in [2.45, 2.75) is 31.6 Å². The van der Waals surface area contributed by atoms with Crippen molar-refractivity contribution in [3.8, 4) is 0 Å². The predicted molar refractivity (Wildman–Crippen MR) is 104 cm³/mol. The minimum atomic E-state index is -3.58. The molecule has 0 bridgehead atoms. The zero-order chi connectivity index (χ0) is 19.4. The Bertz CT molecular complexity index is 775. The topological polar surface area (TPSA) is 79.0 Å². The molecule has 3 rings (SSSR count). The van der Waals surface area contributed by atoms with E-state index in [2.05, 4.69) is 17.1 Å². The Morgan fingerprint density at radius 2 is 2.00 bits per heavy atom. The van der Waals surface area contributed by atoms with E-state index in [1.54, 1.807) is 18.2 Å². The van der Waals surface area contributed by atoms with Crippen LogP contribution in [0.2, 0.25) is 0 Å². The summed E-state index contributed by atoms with van der Waals surface area (Å²) in [4.78, 5) is 14.8. The van der Waals surface area contributed by atoms with E-state index in [1.165, 1.54) is 10.7 Å². The molecule has 8 heteroatoms. The number of ether oxygens (including phenoxy) is 1. The van der Waals surface area contributed by atoms with Gasteiger partial charge in [-0.2, -0.15) is 4.31 Å². The number of piperidine rings is 1. The number of hydrogen-bond acceptors (Lipinski definition) is 5. The minimum Gasteiger partial charge on any atom is -0.379 e. The number of anilines is 1. The van der Waals surface area contributed by atoms with Crippen LogP contribution < -0.4 is 5.32 Å². The predicted octanol–water partition coefficient (Wildman–Crippen LogP) is 1.69. The maximum Gasteiger partial charge on any atom is 0.243 e. The first-order valence-electron chi connectivity index (χ1n) is 9.57. The van der Waals surface area contributed by atoms with Gasteiger partial charge in [-0.25, -0.2) is 8.42 Å². The zero-order valence-corrected chi connectivity index (χ0v) is 16.9. The number of amides is 1. The zero-order valence-electron chi connectivity index (χ0n) is 16.1. The summed E-state index contributed by atoms with van der Waals surface area (Å²) in [5.41, 5.74) is 1.40. The second-order valence-corrected chi connectivity index (χ2v) is 9.46. The van der Waals surface area contributed by atoms with Crippen LogP contribution in [0.25, 0.3) is 0 Å². The molecule has 1 amide bonds. The monoisotopic (exact) mass is 395 g/mol. The third-order valence-electron chi connectivity index (χ3n) is 5.20. The summed E-state index contributed by atoms with van der Waals surface area (Å²) >= 11 is 0. The van der Waals surface area contributed by atoms with Gasteiger partial charge in [-0.05, 0) is 49.9 Å². The summed E-state index contributed by atoms with van der Waals surface area (Å²) in [5.74, 6) is 0.503. The Kier molecular flexibility index (Phi) is 6.52. The molecule has 2 fully saturated rings. The van der Waals surface area contributed by atoms with Gasteiger partial charge in [0, 0.05) is 25.3 Å². The molecule has 2 heterocycles. The van der Waals surface area contributed by atoms with Crippen LogP contribution in [-0.2, 0) is 19.6 Å². The number of benzene rings is 1. The maximum absolute atomic E-state index is 12.8. The van der Waals surface area contributed by atoms with E-state index in [1.807, 2.05) is 6.92 Å². The summed E-state index contributed by atoms with van der Waals surface area (Å²) in [6.45, 7) is 7.78. The molecule has 1 aromatic rings. The first kappa shape index (κ1) is 20.3. The average Bonchev–Trinajstić information content (AvgIpc) is 2.64. The smallest absolute Gasteiger partial charge is 0.243 e. The van der Waals surface area contributed by atoms with Crippen molar-refractivity contribution < 1.29 is 17.9 Å². The molecule has 27 heavy (non-hydrogen) atoms. The van der Waals surface area contributed by atoms with Crippen LogP contribution in [0.1, 0.15) is 25.3 Å². The third kappa shape index (κ3) is 5.07. The average molecular weight is 396 g/mol. The van der Waals surface area contributed by atoms with Gasteiger partial charge in [0.15, 0.2) is 0 Å². The summed E-state index contributed by atoms with van der Waals surface area (Å²) < 4.78 is 32.3. The fourth-order valence-electron chi connectivity index (χ4n) is 3.66.